The minimum Gasteiger partial charge on any atom is -0.493 e. The standard InChI is InChI=1S/C19H18INO5/c1-12(22)21-16(19(23)24)9-14-5-8-17(18(10-14)25-2)26-11-13-3-6-15(20)7-4-13/h3-10H,11H2,1-2H3,(H,21,22)(H,23,24). The molecule has 0 fully saturated rings. The fraction of sp³-hybridized carbons (Fsp3) is 0.158. The molecule has 0 atom stereocenters. The first-order chi connectivity index (χ1) is 12.4. The number of nitrogens with one attached hydrogen (secondary N) is 1. The van der Waals surface area contributed by atoms with E-state index in [2.05, 4.69) is 27.9 Å². The van der Waals surface area contributed by atoms with Crippen molar-refractivity contribution < 1.29 is 24.2 Å². The molecule has 0 unspecified atom stereocenters. The summed E-state index contributed by atoms with van der Waals surface area (Å²) in [7, 11) is 1.51. The molecular formula is C19H18INO5. The van der Waals surface area contributed by atoms with E-state index in [1.165, 1.54) is 20.1 Å². The van der Waals surface area contributed by atoms with Crippen LogP contribution in [0, 0.1) is 3.57 Å². The van der Waals surface area contributed by atoms with E-state index in [-0.39, 0.29) is 5.70 Å². The predicted octanol–water partition coefficient (Wildman–Crippen LogP) is 3.44. The maximum Gasteiger partial charge on any atom is 0.352 e. The lowest BCUT2D eigenvalue weighted by Gasteiger charge is -2.12. The second-order valence-electron chi connectivity index (χ2n) is 5.37. The molecule has 0 bridgehead atoms. The molecule has 0 heterocycles. The number of ether oxygens (including phenoxy) is 2. The zero-order chi connectivity index (χ0) is 19.1. The highest BCUT2D eigenvalue weighted by Gasteiger charge is 2.11. The molecule has 0 aliphatic rings. The molecule has 7 heteroatoms. The third-order valence-corrected chi connectivity index (χ3v) is 4.07. The Hall–Kier alpha value is -2.55. The molecule has 136 valence electrons. The molecule has 0 aliphatic carbocycles. The van der Waals surface area contributed by atoms with Crippen LogP contribution in [0.5, 0.6) is 11.5 Å². The normalized spacial score (nSPS) is 11.0. The van der Waals surface area contributed by atoms with Crippen LogP contribution in [0.1, 0.15) is 18.1 Å². The van der Waals surface area contributed by atoms with Crippen LogP contribution in [0.2, 0.25) is 0 Å². The minimum absolute atomic E-state index is 0.216. The van der Waals surface area contributed by atoms with Crippen molar-refractivity contribution in [3.05, 3.63) is 62.9 Å². The number of carbonyl (C=O) groups is 2. The number of rotatable bonds is 7. The molecule has 26 heavy (non-hydrogen) atoms. The van der Waals surface area contributed by atoms with Crippen LogP contribution in [-0.4, -0.2) is 24.1 Å². The number of hydrogen-bond donors (Lipinski definition) is 2. The van der Waals surface area contributed by atoms with Gasteiger partial charge in [0.25, 0.3) is 0 Å². The van der Waals surface area contributed by atoms with Crippen molar-refractivity contribution in [3.8, 4) is 11.5 Å². The smallest absolute Gasteiger partial charge is 0.352 e. The summed E-state index contributed by atoms with van der Waals surface area (Å²) in [6.07, 6.45) is 1.36. The first kappa shape index (κ1) is 19.8. The van der Waals surface area contributed by atoms with Crippen molar-refractivity contribution in [1.82, 2.24) is 5.32 Å². The molecule has 0 aromatic heterocycles. The van der Waals surface area contributed by atoms with Crippen LogP contribution in [0.4, 0.5) is 0 Å². The Kier molecular flexibility index (Phi) is 7.02. The zero-order valence-corrected chi connectivity index (χ0v) is 16.4. The number of carbonyl (C=O) groups excluding carboxylic acids is 1. The lowest BCUT2D eigenvalue weighted by molar-refractivity contribution is -0.134. The maximum atomic E-state index is 11.2. The Morgan fingerprint density at radius 3 is 2.42 bits per heavy atom. The molecule has 2 aromatic carbocycles. The van der Waals surface area contributed by atoms with Crippen LogP contribution in [0.3, 0.4) is 0 Å². The first-order valence-corrected chi connectivity index (χ1v) is 8.75. The monoisotopic (exact) mass is 467 g/mol. The van der Waals surface area contributed by atoms with E-state index < -0.39 is 11.9 Å². The highest BCUT2D eigenvalue weighted by Crippen LogP contribution is 2.29. The topological polar surface area (TPSA) is 84.9 Å². The van der Waals surface area contributed by atoms with E-state index in [4.69, 9.17) is 14.6 Å². The van der Waals surface area contributed by atoms with Gasteiger partial charge in [-0.1, -0.05) is 18.2 Å². The fourth-order valence-electron chi connectivity index (χ4n) is 2.14. The average molecular weight is 467 g/mol. The van der Waals surface area contributed by atoms with E-state index >= 15 is 0 Å². The van der Waals surface area contributed by atoms with Crippen molar-refractivity contribution in [1.29, 1.82) is 0 Å². The van der Waals surface area contributed by atoms with Crippen LogP contribution in [0.15, 0.2) is 48.2 Å². The highest BCUT2D eigenvalue weighted by molar-refractivity contribution is 14.1. The largest absolute Gasteiger partial charge is 0.493 e. The van der Waals surface area contributed by atoms with Gasteiger partial charge in [-0.05, 0) is 64.1 Å². The van der Waals surface area contributed by atoms with Crippen LogP contribution in [0.25, 0.3) is 6.08 Å². The molecule has 1 amide bonds. The van der Waals surface area contributed by atoms with Gasteiger partial charge in [-0.3, -0.25) is 4.79 Å². The van der Waals surface area contributed by atoms with Crippen molar-refractivity contribution in [3.63, 3.8) is 0 Å². The van der Waals surface area contributed by atoms with Crippen molar-refractivity contribution in [2.75, 3.05) is 7.11 Å². The van der Waals surface area contributed by atoms with Gasteiger partial charge >= 0.3 is 5.97 Å². The third kappa shape index (κ3) is 5.76. The lowest BCUT2D eigenvalue weighted by Crippen LogP contribution is -2.24. The summed E-state index contributed by atoms with van der Waals surface area (Å²) < 4.78 is 12.3. The van der Waals surface area contributed by atoms with E-state index in [1.54, 1.807) is 18.2 Å². The van der Waals surface area contributed by atoms with Crippen LogP contribution in [-0.2, 0) is 16.2 Å². The summed E-state index contributed by atoms with van der Waals surface area (Å²) in [6.45, 7) is 1.63. The number of hydrogen-bond acceptors (Lipinski definition) is 4. The second kappa shape index (κ2) is 9.23. The molecule has 2 rings (SSSR count). The summed E-state index contributed by atoms with van der Waals surface area (Å²) in [4.78, 5) is 22.3. The third-order valence-electron chi connectivity index (χ3n) is 3.35. The van der Waals surface area contributed by atoms with Gasteiger partial charge in [-0.2, -0.15) is 0 Å². The Bertz CT molecular complexity index is 830. The summed E-state index contributed by atoms with van der Waals surface area (Å²) in [5.41, 5.74) is 1.37. The molecule has 0 saturated heterocycles. The molecule has 0 aliphatic heterocycles. The molecular weight excluding hydrogens is 449 g/mol. The Morgan fingerprint density at radius 1 is 1.15 bits per heavy atom. The number of carboxylic acids is 1. The summed E-state index contributed by atoms with van der Waals surface area (Å²) in [5.74, 6) is -0.669. The minimum atomic E-state index is -1.22. The first-order valence-electron chi connectivity index (χ1n) is 7.67. The number of methoxy groups -OCH3 is 1. The van der Waals surface area contributed by atoms with E-state index in [9.17, 15) is 9.59 Å². The molecule has 2 aromatic rings. The van der Waals surface area contributed by atoms with Crippen LogP contribution < -0.4 is 14.8 Å². The molecule has 6 nitrogen and oxygen atoms in total. The molecule has 2 N–H and O–H groups in total. The van der Waals surface area contributed by atoms with Crippen molar-refractivity contribution in [2.24, 2.45) is 0 Å². The Morgan fingerprint density at radius 2 is 1.85 bits per heavy atom. The molecule has 0 radical (unpaired) electrons. The van der Waals surface area contributed by atoms with Gasteiger partial charge in [0, 0.05) is 10.5 Å². The quantitative estimate of drug-likeness (QED) is 0.482. The maximum absolute atomic E-state index is 11.2. The predicted molar refractivity (Wildman–Crippen MR) is 106 cm³/mol. The lowest BCUT2D eigenvalue weighted by atomic mass is 10.1. The van der Waals surface area contributed by atoms with Gasteiger partial charge in [-0.25, -0.2) is 4.79 Å². The number of aliphatic carboxylic acids is 1. The Balaban J connectivity index is 2.19. The Labute approximate surface area is 165 Å². The number of benzene rings is 2. The summed E-state index contributed by atoms with van der Waals surface area (Å²) in [6, 6.07) is 13.0. The van der Waals surface area contributed by atoms with Gasteiger partial charge in [0.05, 0.1) is 7.11 Å². The van der Waals surface area contributed by atoms with E-state index in [0.29, 0.717) is 23.7 Å². The van der Waals surface area contributed by atoms with Gasteiger partial charge in [0.15, 0.2) is 11.5 Å². The van der Waals surface area contributed by atoms with E-state index in [1.807, 2.05) is 24.3 Å². The highest BCUT2D eigenvalue weighted by atomic mass is 127. The number of carboxylic acid groups (broad SMARTS) is 1. The van der Waals surface area contributed by atoms with Crippen molar-refractivity contribution >= 4 is 40.5 Å². The van der Waals surface area contributed by atoms with Gasteiger partial charge in [0.2, 0.25) is 5.91 Å². The number of halogens is 1. The molecule has 0 saturated carbocycles. The fourth-order valence-corrected chi connectivity index (χ4v) is 2.50. The number of amides is 1. The van der Waals surface area contributed by atoms with Gasteiger partial charge in [-0.15, -0.1) is 0 Å². The van der Waals surface area contributed by atoms with E-state index in [0.717, 1.165) is 9.13 Å². The average Bonchev–Trinajstić information content (AvgIpc) is 2.60. The van der Waals surface area contributed by atoms with Crippen LogP contribution >= 0.6 is 22.6 Å². The van der Waals surface area contributed by atoms with Gasteiger partial charge in [0.1, 0.15) is 12.3 Å². The zero-order valence-electron chi connectivity index (χ0n) is 14.3. The summed E-state index contributed by atoms with van der Waals surface area (Å²) in [5, 5.41) is 11.4. The van der Waals surface area contributed by atoms with Crippen molar-refractivity contribution in [2.45, 2.75) is 13.5 Å². The second-order valence-corrected chi connectivity index (χ2v) is 6.62. The molecule has 0 spiro atoms. The van der Waals surface area contributed by atoms with Gasteiger partial charge < -0.3 is 19.9 Å². The SMILES string of the molecule is COc1cc(C=C(NC(C)=O)C(=O)O)ccc1OCc1ccc(I)cc1. The summed E-state index contributed by atoms with van der Waals surface area (Å²) >= 11 is 2.24.